The molecule has 5 nitrogen and oxygen atoms in total. The van der Waals surface area contributed by atoms with Crippen molar-refractivity contribution in [2.45, 2.75) is 19.8 Å². The lowest BCUT2D eigenvalue weighted by atomic mass is 9.90. The number of hydroxylamine groups is 2. The quantitative estimate of drug-likeness (QED) is 0.509. The molecule has 86 valence electrons. The molecule has 0 radical (unpaired) electrons. The predicted molar refractivity (Wildman–Crippen MR) is 52.6 cm³/mol. The van der Waals surface area contributed by atoms with E-state index < -0.39 is 0 Å². The van der Waals surface area contributed by atoms with Crippen LogP contribution in [0.1, 0.15) is 19.8 Å². The zero-order valence-electron chi connectivity index (χ0n) is 9.36. The van der Waals surface area contributed by atoms with E-state index in [1.807, 2.05) is 6.92 Å². The van der Waals surface area contributed by atoms with Crippen LogP contribution in [0.15, 0.2) is 0 Å². The third-order valence-electron chi connectivity index (χ3n) is 2.81. The molecule has 1 fully saturated rings. The van der Waals surface area contributed by atoms with Crippen molar-refractivity contribution in [3.8, 4) is 0 Å². The summed E-state index contributed by atoms with van der Waals surface area (Å²) in [5, 5.41) is 1.18. The highest BCUT2D eigenvalue weighted by atomic mass is 16.7. The van der Waals surface area contributed by atoms with Crippen molar-refractivity contribution in [2.24, 2.45) is 11.8 Å². The molecule has 1 aliphatic heterocycles. The highest BCUT2D eigenvalue weighted by molar-refractivity contribution is 5.79. The maximum absolute atomic E-state index is 11.5. The lowest BCUT2D eigenvalue weighted by Gasteiger charge is -2.17. The number of esters is 1. The number of ether oxygens (including phenoxy) is 1. The molecule has 0 aromatic carbocycles. The third-order valence-corrected chi connectivity index (χ3v) is 2.81. The number of hydrogen-bond acceptors (Lipinski definition) is 4. The average Bonchev–Trinajstić information content (AvgIpc) is 2.57. The van der Waals surface area contributed by atoms with Gasteiger partial charge in [-0.25, -0.2) is 5.06 Å². The van der Waals surface area contributed by atoms with Gasteiger partial charge < -0.3 is 4.74 Å². The smallest absolute Gasteiger partial charge is 0.309 e. The maximum atomic E-state index is 11.5. The van der Waals surface area contributed by atoms with Crippen LogP contribution in [0.25, 0.3) is 0 Å². The SMILES string of the molecule is CC[C@@H]1C(=O)OC[C@@H]1CC(=O)N(C)OC. The van der Waals surface area contributed by atoms with Crippen molar-refractivity contribution in [3.63, 3.8) is 0 Å². The molecule has 0 N–H and O–H groups in total. The van der Waals surface area contributed by atoms with Crippen LogP contribution in [0.5, 0.6) is 0 Å². The molecule has 1 amide bonds. The first-order valence-electron chi connectivity index (χ1n) is 5.07. The van der Waals surface area contributed by atoms with E-state index in [0.29, 0.717) is 19.4 Å². The Balaban J connectivity index is 2.51. The number of cyclic esters (lactones) is 1. The van der Waals surface area contributed by atoms with Gasteiger partial charge in [-0.1, -0.05) is 6.92 Å². The summed E-state index contributed by atoms with van der Waals surface area (Å²) in [7, 11) is 2.99. The Morgan fingerprint density at radius 3 is 2.87 bits per heavy atom. The minimum atomic E-state index is -0.185. The largest absolute Gasteiger partial charge is 0.465 e. The van der Waals surface area contributed by atoms with Crippen molar-refractivity contribution in [3.05, 3.63) is 0 Å². The molecule has 0 unspecified atom stereocenters. The van der Waals surface area contributed by atoms with Gasteiger partial charge in [-0.15, -0.1) is 0 Å². The minimum absolute atomic E-state index is 0.00685. The first-order valence-corrected chi connectivity index (χ1v) is 5.07. The molecular formula is C10H17NO4. The van der Waals surface area contributed by atoms with Crippen molar-refractivity contribution >= 4 is 11.9 Å². The van der Waals surface area contributed by atoms with Gasteiger partial charge in [0.15, 0.2) is 0 Å². The van der Waals surface area contributed by atoms with Crippen molar-refractivity contribution in [1.29, 1.82) is 0 Å². The second kappa shape index (κ2) is 5.11. The molecule has 2 atom stereocenters. The van der Waals surface area contributed by atoms with Crippen LogP contribution >= 0.6 is 0 Å². The first kappa shape index (κ1) is 12.0. The highest BCUT2D eigenvalue weighted by Gasteiger charge is 2.37. The topological polar surface area (TPSA) is 55.8 Å². The minimum Gasteiger partial charge on any atom is -0.465 e. The number of nitrogens with zero attached hydrogens (tertiary/aromatic N) is 1. The van der Waals surface area contributed by atoms with E-state index in [9.17, 15) is 9.59 Å². The Bertz CT molecular complexity index is 254. The van der Waals surface area contributed by atoms with Gasteiger partial charge in [0.1, 0.15) is 0 Å². The molecule has 1 aliphatic rings. The zero-order chi connectivity index (χ0) is 11.4. The summed E-state index contributed by atoms with van der Waals surface area (Å²) in [5.74, 6) is -0.457. The maximum Gasteiger partial charge on any atom is 0.309 e. The van der Waals surface area contributed by atoms with Crippen LogP contribution in [0, 0.1) is 11.8 Å². The van der Waals surface area contributed by atoms with Crippen LogP contribution < -0.4 is 0 Å². The van der Waals surface area contributed by atoms with Crippen LogP contribution in [-0.2, 0) is 19.2 Å². The van der Waals surface area contributed by atoms with E-state index >= 15 is 0 Å². The second-order valence-electron chi connectivity index (χ2n) is 3.68. The fraction of sp³-hybridized carbons (Fsp3) is 0.800. The van der Waals surface area contributed by atoms with Gasteiger partial charge in [0.25, 0.3) is 0 Å². The van der Waals surface area contributed by atoms with Crippen LogP contribution in [-0.4, -0.2) is 37.7 Å². The van der Waals surface area contributed by atoms with Gasteiger partial charge in [0.2, 0.25) is 5.91 Å². The van der Waals surface area contributed by atoms with E-state index in [1.54, 1.807) is 7.05 Å². The first-order chi connectivity index (χ1) is 7.10. The molecule has 0 aliphatic carbocycles. The van der Waals surface area contributed by atoms with E-state index in [4.69, 9.17) is 9.57 Å². The fourth-order valence-electron chi connectivity index (χ4n) is 1.76. The molecule has 0 saturated carbocycles. The molecule has 0 bridgehead atoms. The molecular weight excluding hydrogens is 198 g/mol. The van der Waals surface area contributed by atoms with Crippen LogP contribution in [0.2, 0.25) is 0 Å². The van der Waals surface area contributed by atoms with Gasteiger partial charge in [0.05, 0.1) is 19.6 Å². The summed E-state index contributed by atoms with van der Waals surface area (Å²) in [4.78, 5) is 27.6. The Hall–Kier alpha value is -1.10. The number of carbonyl (C=O) groups excluding carboxylic acids is 2. The van der Waals surface area contributed by atoms with E-state index in [2.05, 4.69) is 0 Å². The monoisotopic (exact) mass is 215 g/mol. The summed E-state index contributed by atoms with van der Waals surface area (Å²) in [6.07, 6.45) is 1.02. The van der Waals surface area contributed by atoms with E-state index in [-0.39, 0.29) is 23.7 Å². The summed E-state index contributed by atoms with van der Waals surface area (Å²) >= 11 is 0. The van der Waals surface area contributed by atoms with Crippen molar-refractivity contribution in [2.75, 3.05) is 20.8 Å². The normalized spacial score (nSPS) is 25.1. The molecule has 15 heavy (non-hydrogen) atoms. The lowest BCUT2D eigenvalue weighted by molar-refractivity contribution is -0.169. The standard InChI is InChI=1S/C10H17NO4/c1-4-8-7(6-15-10(8)13)5-9(12)11(2)14-3/h7-8H,4-6H2,1-3H3/t7-,8-/m0/s1. The third kappa shape index (κ3) is 2.68. The summed E-state index contributed by atoms with van der Waals surface area (Å²) < 4.78 is 4.93. The Kier molecular flexibility index (Phi) is 4.08. The van der Waals surface area contributed by atoms with Gasteiger partial charge in [0, 0.05) is 19.4 Å². The highest BCUT2D eigenvalue weighted by Crippen LogP contribution is 2.28. The molecule has 5 heteroatoms. The molecule has 0 spiro atoms. The molecule has 1 rings (SSSR count). The summed E-state index contributed by atoms with van der Waals surface area (Å²) in [6.45, 7) is 2.27. The van der Waals surface area contributed by atoms with Gasteiger partial charge >= 0.3 is 5.97 Å². The number of amides is 1. The average molecular weight is 215 g/mol. The Morgan fingerprint density at radius 1 is 1.67 bits per heavy atom. The molecule has 0 aromatic rings. The second-order valence-corrected chi connectivity index (χ2v) is 3.68. The van der Waals surface area contributed by atoms with E-state index in [1.165, 1.54) is 12.2 Å². The van der Waals surface area contributed by atoms with Crippen LogP contribution in [0.3, 0.4) is 0 Å². The Labute approximate surface area is 89.3 Å². The predicted octanol–water partition coefficient (Wildman–Crippen LogP) is 0.595. The molecule has 1 heterocycles. The Morgan fingerprint density at radius 2 is 2.33 bits per heavy atom. The fourth-order valence-corrected chi connectivity index (χ4v) is 1.76. The summed E-state index contributed by atoms with van der Waals surface area (Å²) in [5.41, 5.74) is 0. The molecule has 1 saturated heterocycles. The van der Waals surface area contributed by atoms with Crippen molar-refractivity contribution in [1.82, 2.24) is 5.06 Å². The van der Waals surface area contributed by atoms with Gasteiger partial charge in [-0.05, 0) is 6.42 Å². The van der Waals surface area contributed by atoms with Crippen molar-refractivity contribution < 1.29 is 19.2 Å². The number of hydrogen-bond donors (Lipinski definition) is 0. The number of rotatable bonds is 4. The molecule has 0 aromatic heterocycles. The number of carbonyl (C=O) groups is 2. The van der Waals surface area contributed by atoms with Crippen LogP contribution in [0.4, 0.5) is 0 Å². The lowest BCUT2D eigenvalue weighted by Crippen LogP contribution is -2.29. The summed E-state index contributed by atoms with van der Waals surface area (Å²) in [6, 6.07) is 0. The van der Waals surface area contributed by atoms with E-state index in [0.717, 1.165) is 0 Å². The van der Waals surface area contributed by atoms with Gasteiger partial charge in [-0.2, -0.15) is 0 Å². The van der Waals surface area contributed by atoms with Gasteiger partial charge in [-0.3, -0.25) is 14.4 Å². The zero-order valence-corrected chi connectivity index (χ0v) is 9.36.